The fourth-order valence-corrected chi connectivity index (χ4v) is 3.38. The topological polar surface area (TPSA) is 79.0 Å². The Balaban J connectivity index is 0.000000844. The third-order valence-electron chi connectivity index (χ3n) is 4.99. The van der Waals surface area contributed by atoms with Crippen molar-refractivity contribution in [3.8, 4) is 29.4 Å². The minimum Gasteiger partial charge on any atom is -0.473 e. The highest BCUT2D eigenvalue weighted by atomic mass is 16.5. The fourth-order valence-electron chi connectivity index (χ4n) is 3.38. The van der Waals surface area contributed by atoms with Crippen LogP contribution in [-0.2, 0) is 6.61 Å². The Kier molecular flexibility index (Phi) is 15.5. The molecule has 0 radical (unpaired) electrons. The number of hydrogen-bond acceptors (Lipinski definition) is 4. The van der Waals surface area contributed by atoms with Gasteiger partial charge in [-0.3, -0.25) is 10.1 Å². The van der Waals surface area contributed by atoms with E-state index in [4.69, 9.17) is 9.73 Å². The molecule has 1 aliphatic heterocycles. The summed E-state index contributed by atoms with van der Waals surface area (Å²) in [4.78, 5) is 4.85. The van der Waals surface area contributed by atoms with Crippen LogP contribution in [0, 0.1) is 12.3 Å². The van der Waals surface area contributed by atoms with Gasteiger partial charge in [-0.05, 0) is 49.8 Å². The van der Waals surface area contributed by atoms with Gasteiger partial charge in [0, 0.05) is 17.5 Å². The van der Waals surface area contributed by atoms with Crippen molar-refractivity contribution >= 4 is 5.71 Å². The molecule has 0 amide bonds. The highest BCUT2D eigenvalue weighted by molar-refractivity contribution is 6.00. The predicted octanol–water partition coefficient (Wildman–Crippen LogP) is 7.55. The first-order valence-electron chi connectivity index (χ1n) is 12.7. The van der Waals surface area contributed by atoms with Crippen LogP contribution in [0.1, 0.15) is 71.9 Å². The van der Waals surface area contributed by atoms with Crippen LogP contribution in [-0.4, -0.2) is 32.7 Å². The molecule has 3 aromatic rings. The lowest BCUT2D eigenvalue weighted by Gasteiger charge is -2.08. The van der Waals surface area contributed by atoms with Gasteiger partial charge in [-0.25, -0.2) is 5.10 Å². The number of aliphatic imine (C=N–C) groups is 1. The van der Waals surface area contributed by atoms with Gasteiger partial charge in [-0.1, -0.05) is 70.2 Å². The Morgan fingerprint density at radius 1 is 1.03 bits per heavy atom. The smallest absolute Gasteiger partial charge is 0.217 e. The van der Waals surface area contributed by atoms with Gasteiger partial charge >= 0.3 is 0 Å². The molecule has 3 heterocycles. The fraction of sp³-hybridized carbons (Fsp3) is 0.367. The number of allylic oxidation sites excluding steroid dienone is 3. The lowest BCUT2D eigenvalue weighted by atomic mass is 10.0. The first kappa shape index (κ1) is 30.2. The molecule has 0 fully saturated rings. The molecule has 0 spiro atoms. The van der Waals surface area contributed by atoms with Gasteiger partial charge in [-0.15, -0.1) is 12.3 Å². The van der Waals surface area contributed by atoms with E-state index in [1.54, 1.807) is 19.3 Å². The molecule has 0 unspecified atom stereocenters. The summed E-state index contributed by atoms with van der Waals surface area (Å²) in [6.07, 6.45) is 19.5. The van der Waals surface area contributed by atoms with Gasteiger partial charge in [0.2, 0.25) is 5.88 Å². The number of aromatic amines is 2. The molecule has 36 heavy (non-hydrogen) atoms. The lowest BCUT2D eigenvalue weighted by molar-refractivity contribution is 0.294. The first-order chi connectivity index (χ1) is 17.7. The van der Waals surface area contributed by atoms with E-state index in [1.165, 1.54) is 16.8 Å². The Morgan fingerprint density at radius 2 is 1.75 bits per heavy atom. The van der Waals surface area contributed by atoms with E-state index in [0.29, 0.717) is 12.5 Å². The van der Waals surface area contributed by atoms with Crippen LogP contribution in [0.25, 0.3) is 11.1 Å². The molecule has 0 saturated carbocycles. The van der Waals surface area contributed by atoms with E-state index < -0.39 is 0 Å². The summed E-state index contributed by atoms with van der Waals surface area (Å²) in [6.45, 7) is 13.0. The highest BCUT2D eigenvalue weighted by Crippen LogP contribution is 2.27. The summed E-state index contributed by atoms with van der Waals surface area (Å²) < 4.78 is 5.94. The molecular formula is C30H41N5O. The second-order valence-corrected chi connectivity index (χ2v) is 7.34. The molecule has 6 nitrogen and oxygen atoms in total. The van der Waals surface area contributed by atoms with Crippen molar-refractivity contribution in [2.75, 3.05) is 6.54 Å². The molecule has 2 aromatic heterocycles. The maximum Gasteiger partial charge on any atom is 0.217 e. The number of aromatic nitrogens is 4. The van der Waals surface area contributed by atoms with Crippen molar-refractivity contribution in [3.63, 3.8) is 0 Å². The van der Waals surface area contributed by atoms with Crippen LogP contribution in [0.2, 0.25) is 0 Å². The van der Waals surface area contributed by atoms with Crippen molar-refractivity contribution in [1.82, 2.24) is 20.4 Å². The molecule has 0 saturated heterocycles. The molecule has 4 rings (SSSR count). The summed E-state index contributed by atoms with van der Waals surface area (Å²) in [5, 5.41) is 13.8. The highest BCUT2D eigenvalue weighted by Gasteiger charge is 2.12. The number of H-pyrrole nitrogens is 2. The average molecular weight is 488 g/mol. The maximum atomic E-state index is 5.94. The van der Waals surface area contributed by atoms with Gasteiger partial charge in [-0.2, -0.15) is 10.2 Å². The maximum absolute atomic E-state index is 5.94. The van der Waals surface area contributed by atoms with Gasteiger partial charge in [0.25, 0.3) is 0 Å². The number of ether oxygens (including phenoxy) is 1. The number of benzene rings is 1. The zero-order chi connectivity index (χ0) is 26.6. The van der Waals surface area contributed by atoms with E-state index in [1.807, 2.05) is 40.8 Å². The second kappa shape index (κ2) is 18.5. The molecule has 0 bridgehead atoms. The SMILES string of the molecule is C#CC.C/C=C\C=C1/CCCC(c2ccc(COc3[nH]ncc3-c3cn[nH]c3)cc2)=NC1.CC.CC. The van der Waals surface area contributed by atoms with Crippen molar-refractivity contribution in [1.29, 1.82) is 0 Å². The Labute approximate surface area is 217 Å². The number of terminal acetylenes is 1. The summed E-state index contributed by atoms with van der Waals surface area (Å²) in [5.74, 6) is 2.89. The number of nitrogens with one attached hydrogen (secondary N) is 2. The van der Waals surface area contributed by atoms with Crippen LogP contribution in [0.4, 0.5) is 0 Å². The molecule has 2 N–H and O–H groups in total. The van der Waals surface area contributed by atoms with E-state index in [2.05, 4.69) is 75.2 Å². The summed E-state index contributed by atoms with van der Waals surface area (Å²) in [7, 11) is 0. The zero-order valence-electron chi connectivity index (χ0n) is 22.6. The van der Waals surface area contributed by atoms with Crippen LogP contribution in [0.5, 0.6) is 5.88 Å². The van der Waals surface area contributed by atoms with Crippen molar-refractivity contribution in [2.45, 2.75) is 67.4 Å². The third-order valence-corrected chi connectivity index (χ3v) is 4.99. The third kappa shape index (κ3) is 9.79. The monoisotopic (exact) mass is 487 g/mol. The van der Waals surface area contributed by atoms with Crippen LogP contribution < -0.4 is 4.74 Å². The summed E-state index contributed by atoms with van der Waals surface area (Å²) in [6, 6.07) is 8.49. The average Bonchev–Trinajstić information content (AvgIpc) is 3.57. The van der Waals surface area contributed by atoms with E-state index in [9.17, 15) is 0 Å². The summed E-state index contributed by atoms with van der Waals surface area (Å²) >= 11 is 0. The predicted molar refractivity (Wildman–Crippen MR) is 152 cm³/mol. The minimum atomic E-state index is 0.468. The minimum absolute atomic E-state index is 0.468. The Hall–Kier alpha value is -3.85. The van der Waals surface area contributed by atoms with Crippen molar-refractivity contribution < 1.29 is 4.74 Å². The number of rotatable bonds is 6. The molecule has 6 heteroatoms. The van der Waals surface area contributed by atoms with Gasteiger partial charge in [0.05, 0.1) is 24.5 Å². The standard InChI is InChI=1S/C23H25N5O.C3H4.2C2H6/c1-2-3-5-17-6-4-7-22(24-12-17)19-10-8-18(9-11-19)16-29-23-21(15-27-28-23)20-13-25-26-14-20;1-3-2;2*1-2/h2-3,5,8-11,13-15H,4,6-7,12,16H2,1H3,(H,25,26)(H,27,28);1H,2H3;2*1-2H3/b3-2-,17-5+;;;. The summed E-state index contributed by atoms with van der Waals surface area (Å²) in [5.41, 5.74) is 6.72. The zero-order valence-corrected chi connectivity index (χ0v) is 22.6. The van der Waals surface area contributed by atoms with Crippen LogP contribution in [0.3, 0.4) is 0 Å². The van der Waals surface area contributed by atoms with Crippen molar-refractivity contribution in [2.24, 2.45) is 4.99 Å². The van der Waals surface area contributed by atoms with Crippen LogP contribution in [0.15, 0.2) is 71.6 Å². The molecular weight excluding hydrogens is 446 g/mol. The molecule has 192 valence electrons. The molecule has 1 aliphatic rings. The first-order valence-corrected chi connectivity index (χ1v) is 12.7. The van der Waals surface area contributed by atoms with Gasteiger partial charge in [0.1, 0.15) is 6.61 Å². The largest absolute Gasteiger partial charge is 0.473 e. The Bertz CT molecular complexity index is 1100. The van der Waals surface area contributed by atoms with E-state index >= 15 is 0 Å². The second-order valence-electron chi connectivity index (χ2n) is 7.34. The number of hydrogen-bond donors (Lipinski definition) is 2. The van der Waals surface area contributed by atoms with E-state index in [0.717, 1.165) is 42.5 Å². The van der Waals surface area contributed by atoms with Gasteiger partial charge in [0.15, 0.2) is 0 Å². The van der Waals surface area contributed by atoms with Crippen molar-refractivity contribution in [3.05, 3.63) is 77.8 Å². The number of nitrogens with zero attached hydrogens (tertiary/aromatic N) is 3. The lowest BCUT2D eigenvalue weighted by Crippen LogP contribution is -2.02. The molecule has 0 aliphatic carbocycles. The quantitative estimate of drug-likeness (QED) is 0.352. The molecule has 1 aromatic carbocycles. The normalized spacial score (nSPS) is 13.6. The Morgan fingerprint density at radius 3 is 2.39 bits per heavy atom. The van der Waals surface area contributed by atoms with E-state index in [-0.39, 0.29) is 0 Å². The van der Waals surface area contributed by atoms with Gasteiger partial charge < -0.3 is 4.74 Å². The molecule has 0 atom stereocenters. The van der Waals surface area contributed by atoms with Crippen LogP contribution >= 0.6 is 0 Å².